The summed E-state index contributed by atoms with van der Waals surface area (Å²) in [5.41, 5.74) is 2.78. The van der Waals surface area contributed by atoms with E-state index in [1.165, 1.54) is 0 Å². The molecular formula is C14H13BrN2O2. The topological polar surface area (TPSA) is 62.2 Å². The molecule has 98 valence electrons. The molecule has 0 saturated carbocycles. The van der Waals surface area contributed by atoms with Crippen molar-refractivity contribution in [1.29, 1.82) is 0 Å². The van der Waals surface area contributed by atoms with Crippen LogP contribution in [0.1, 0.15) is 21.6 Å². The fourth-order valence-electron chi connectivity index (χ4n) is 1.69. The van der Waals surface area contributed by atoms with E-state index in [0.29, 0.717) is 16.7 Å². The number of carbonyl (C=O) groups is 1. The predicted octanol–water partition coefficient (Wildman–Crippen LogP) is 3.46. The molecule has 0 saturated heterocycles. The van der Waals surface area contributed by atoms with Gasteiger partial charge in [0, 0.05) is 22.9 Å². The first kappa shape index (κ1) is 13.5. The first-order valence-electron chi connectivity index (χ1n) is 5.75. The maximum Gasteiger partial charge on any atom is 0.338 e. The highest BCUT2D eigenvalue weighted by atomic mass is 79.9. The monoisotopic (exact) mass is 320 g/mol. The normalized spacial score (nSPS) is 10.2. The van der Waals surface area contributed by atoms with Gasteiger partial charge in [-0.3, -0.25) is 4.98 Å². The van der Waals surface area contributed by atoms with Crippen molar-refractivity contribution in [2.24, 2.45) is 0 Å². The summed E-state index contributed by atoms with van der Waals surface area (Å²) in [6, 6.07) is 9.15. The number of hydrogen-bond acceptors (Lipinski definition) is 3. The van der Waals surface area contributed by atoms with E-state index in [1.807, 2.05) is 19.1 Å². The van der Waals surface area contributed by atoms with E-state index >= 15 is 0 Å². The summed E-state index contributed by atoms with van der Waals surface area (Å²) in [7, 11) is 0. The summed E-state index contributed by atoms with van der Waals surface area (Å²) in [5, 5.41) is 12.3. The minimum atomic E-state index is -0.961. The first-order chi connectivity index (χ1) is 9.08. The molecule has 2 aromatic rings. The minimum Gasteiger partial charge on any atom is -0.478 e. The van der Waals surface area contributed by atoms with Crippen LogP contribution in [0.25, 0.3) is 0 Å². The van der Waals surface area contributed by atoms with Gasteiger partial charge in [0.1, 0.15) is 0 Å². The number of nitrogens with zero attached hydrogens (tertiary/aromatic N) is 1. The molecule has 2 N–H and O–H groups in total. The second kappa shape index (κ2) is 5.84. The molecule has 19 heavy (non-hydrogen) atoms. The number of benzene rings is 1. The van der Waals surface area contributed by atoms with Crippen molar-refractivity contribution in [3.8, 4) is 0 Å². The number of aromatic nitrogens is 1. The van der Waals surface area contributed by atoms with Gasteiger partial charge in [-0.25, -0.2) is 4.79 Å². The largest absolute Gasteiger partial charge is 0.478 e. The van der Waals surface area contributed by atoms with E-state index in [1.54, 1.807) is 24.4 Å². The Morgan fingerprint density at radius 2 is 2.16 bits per heavy atom. The third-order valence-corrected chi connectivity index (χ3v) is 3.34. The van der Waals surface area contributed by atoms with Crippen LogP contribution >= 0.6 is 15.9 Å². The summed E-state index contributed by atoms with van der Waals surface area (Å²) in [5.74, 6) is -0.961. The number of carboxylic acids is 1. The second-order valence-corrected chi connectivity index (χ2v) is 4.98. The molecule has 0 aliphatic rings. The number of anilines is 1. The van der Waals surface area contributed by atoms with E-state index in [9.17, 15) is 9.90 Å². The van der Waals surface area contributed by atoms with Gasteiger partial charge >= 0.3 is 5.97 Å². The second-order valence-electron chi connectivity index (χ2n) is 4.13. The average molecular weight is 321 g/mol. The molecule has 0 unspecified atom stereocenters. The molecular weight excluding hydrogens is 308 g/mol. The number of aromatic carboxylic acids is 1. The molecule has 2 rings (SSSR count). The smallest absolute Gasteiger partial charge is 0.338 e. The molecule has 1 aromatic carbocycles. The van der Waals surface area contributed by atoms with Crippen LogP contribution in [0.15, 0.2) is 41.0 Å². The SMILES string of the molecule is Cc1ccc(CNc2cccc(Br)c2C(=O)O)cn1. The third-order valence-electron chi connectivity index (χ3n) is 2.68. The molecule has 0 aliphatic carbocycles. The lowest BCUT2D eigenvalue weighted by atomic mass is 10.1. The van der Waals surface area contributed by atoms with Crippen molar-refractivity contribution >= 4 is 27.6 Å². The zero-order valence-electron chi connectivity index (χ0n) is 10.4. The van der Waals surface area contributed by atoms with Gasteiger partial charge in [-0.2, -0.15) is 0 Å². The van der Waals surface area contributed by atoms with E-state index in [2.05, 4.69) is 26.2 Å². The van der Waals surface area contributed by atoms with E-state index in [4.69, 9.17) is 0 Å². The quantitative estimate of drug-likeness (QED) is 0.905. The van der Waals surface area contributed by atoms with Crippen LogP contribution in [0.5, 0.6) is 0 Å². The molecule has 0 radical (unpaired) electrons. The highest BCUT2D eigenvalue weighted by Crippen LogP contribution is 2.25. The maximum absolute atomic E-state index is 11.2. The Balaban J connectivity index is 2.18. The van der Waals surface area contributed by atoms with Crippen molar-refractivity contribution in [3.05, 3.63) is 57.8 Å². The molecule has 0 spiro atoms. The summed E-state index contributed by atoms with van der Waals surface area (Å²) < 4.78 is 0.562. The Kier molecular flexibility index (Phi) is 4.16. The number of halogens is 1. The Morgan fingerprint density at radius 3 is 2.79 bits per heavy atom. The van der Waals surface area contributed by atoms with Crippen molar-refractivity contribution in [2.75, 3.05) is 5.32 Å². The number of aryl methyl sites for hydroxylation is 1. The van der Waals surface area contributed by atoms with Crippen molar-refractivity contribution < 1.29 is 9.90 Å². The fourth-order valence-corrected chi connectivity index (χ4v) is 2.22. The predicted molar refractivity (Wildman–Crippen MR) is 77.4 cm³/mol. The first-order valence-corrected chi connectivity index (χ1v) is 6.54. The fraction of sp³-hybridized carbons (Fsp3) is 0.143. The average Bonchev–Trinajstić information content (AvgIpc) is 2.37. The molecule has 4 nitrogen and oxygen atoms in total. The Morgan fingerprint density at radius 1 is 1.37 bits per heavy atom. The lowest BCUT2D eigenvalue weighted by Gasteiger charge is -2.10. The summed E-state index contributed by atoms with van der Waals surface area (Å²) in [6.07, 6.45) is 1.78. The highest BCUT2D eigenvalue weighted by Gasteiger charge is 2.13. The standard InChI is InChI=1S/C14H13BrN2O2/c1-9-5-6-10(7-16-9)8-17-12-4-2-3-11(15)13(12)14(18)19/h2-7,17H,8H2,1H3,(H,18,19). The lowest BCUT2D eigenvalue weighted by Crippen LogP contribution is -2.07. The van der Waals surface area contributed by atoms with Gasteiger partial charge in [0.15, 0.2) is 0 Å². The van der Waals surface area contributed by atoms with E-state index in [0.717, 1.165) is 11.3 Å². The number of rotatable bonds is 4. The van der Waals surface area contributed by atoms with Crippen LogP contribution in [-0.4, -0.2) is 16.1 Å². The molecule has 5 heteroatoms. The van der Waals surface area contributed by atoms with Crippen molar-refractivity contribution in [2.45, 2.75) is 13.5 Å². The Hall–Kier alpha value is -1.88. The molecule has 1 heterocycles. The Bertz CT molecular complexity index is 597. The molecule has 0 bridgehead atoms. The van der Waals surface area contributed by atoms with Gasteiger partial charge in [0.25, 0.3) is 0 Å². The molecule has 0 amide bonds. The van der Waals surface area contributed by atoms with Crippen LogP contribution in [0, 0.1) is 6.92 Å². The van der Waals surface area contributed by atoms with Crippen LogP contribution in [0.3, 0.4) is 0 Å². The third kappa shape index (κ3) is 3.32. The maximum atomic E-state index is 11.2. The van der Waals surface area contributed by atoms with Gasteiger partial charge < -0.3 is 10.4 Å². The Labute approximate surface area is 119 Å². The molecule has 0 fully saturated rings. The number of hydrogen-bond donors (Lipinski definition) is 2. The van der Waals surface area contributed by atoms with Crippen molar-refractivity contribution in [1.82, 2.24) is 4.98 Å². The zero-order chi connectivity index (χ0) is 13.8. The summed E-state index contributed by atoms with van der Waals surface area (Å²) >= 11 is 3.25. The van der Waals surface area contributed by atoms with Gasteiger partial charge in [-0.1, -0.05) is 12.1 Å². The number of nitrogens with one attached hydrogen (secondary N) is 1. The zero-order valence-corrected chi connectivity index (χ0v) is 11.9. The highest BCUT2D eigenvalue weighted by molar-refractivity contribution is 9.10. The van der Waals surface area contributed by atoms with Crippen LogP contribution in [0.2, 0.25) is 0 Å². The molecule has 0 aliphatic heterocycles. The van der Waals surface area contributed by atoms with Crippen LogP contribution in [0.4, 0.5) is 5.69 Å². The molecule has 0 atom stereocenters. The van der Waals surface area contributed by atoms with Gasteiger partial charge in [0.2, 0.25) is 0 Å². The summed E-state index contributed by atoms with van der Waals surface area (Å²) in [4.78, 5) is 15.4. The van der Waals surface area contributed by atoms with E-state index < -0.39 is 5.97 Å². The number of pyridine rings is 1. The lowest BCUT2D eigenvalue weighted by molar-refractivity contribution is 0.0697. The van der Waals surface area contributed by atoms with Crippen LogP contribution in [-0.2, 0) is 6.54 Å². The summed E-state index contributed by atoms with van der Waals surface area (Å²) in [6.45, 7) is 2.46. The van der Waals surface area contributed by atoms with Crippen molar-refractivity contribution in [3.63, 3.8) is 0 Å². The van der Waals surface area contributed by atoms with Gasteiger partial charge in [-0.15, -0.1) is 0 Å². The van der Waals surface area contributed by atoms with Crippen LogP contribution < -0.4 is 5.32 Å². The number of carboxylic acid groups (broad SMARTS) is 1. The van der Waals surface area contributed by atoms with Gasteiger partial charge in [0.05, 0.1) is 11.3 Å². The molecule has 1 aromatic heterocycles. The van der Waals surface area contributed by atoms with Gasteiger partial charge in [-0.05, 0) is 46.6 Å². The minimum absolute atomic E-state index is 0.238. The van der Waals surface area contributed by atoms with E-state index in [-0.39, 0.29) is 5.56 Å².